The highest BCUT2D eigenvalue weighted by Gasteiger charge is 2.41. The van der Waals surface area contributed by atoms with Gasteiger partial charge in [-0.1, -0.05) is 19.9 Å². The number of nitrogens with zero attached hydrogens (tertiary/aromatic N) is 5. The van der Waals surface area contributed by atoms with E-state index in [9.17, 15) is 10.7 Å². The number of nitriles is 1. The molecule has 3 aliphatic rings. The topological polar surface area (TPSA) is 141 Å². The van der Waals surface area contributed by atoms with Gasteiger partial charge in [0.05, 0.1) is 17.4 Å². The van der Waals surface area contributed by atoms with E-state index in [1.165, 1.54) is 17.7 Å². The highest BCUT2D eigenvalue weighted by atomic mass is 32.2. The molecule has 218 valence electrons. The third-order valence-corrected chi connectivity index (χ3v) is 9.79. The summed E-state index contributed by atoms with van der Waals surface area (Å²) in [7, 11) is 2.20. The zero-order valence-corrected chi connectivity index (χ0v) is 25.5. The van der Waals surface area contributed by atoms with Gasteiger partial charge < -0.3 is 21.8 Å². The Kier molecular flexibility index (Phi) is 10.7. The van der Waals surface area contributed by atoms with Crippen LogP contribution in [0.3, 0.4) is 0 Å². The van der Waals surface area contributed by atoms with Crippen LogP contribution in [-0.4, -0.2) is 51.8 Å². The van der Waals surface area contributed by atoms with Crippen LogP contribution in [0.15, 0.2) is 51.5 Å². The highest BCUT2D eigenvalue weighted by Crippen LogP contribution is 2.50. The van der Waals surface area contributed by atoms with Crippen molar-refractivity contribution in [2.75, 3.05) is 13.6 Å². The van der Waals surface area contributed by atoms with Crippen LogP contribution < -0.4 is 11.5 Å². The molecule has 4 atom stereocenters. The molecule has 1 saturated heterocycles. The standard InChI is InChI=1S/C32H44N8S/c1-5-9-24(30(35)25-11-7-12-27-29(25)26(19-33)31(36)41-27)20(3)32-38-22(13-14-23-10-8-17-40(23)4)18-28(39-32)37-16-15-21(34)6-2/h6,15-16,18,23,25-26,31,35H,2,5,7-14,17,34,36H2,1,3-4H3/b21-15-,24-20+,35-30?,37-16?/t23-,25?,26?,31?/m0/s1. The van der Waals surface area contributed by atoms with Gasteiger partial charge in [-0.25, -0.2) is 15.0 Å². The number of hydrogen-bond acceptors (Lipinski definition) is 9. The molecular weight excluding hydrogens is 528 g/mol. The summed E-state index contributed by atoms with van der Waals surface area (Å²) in [6.45, 7) is 9.00. The fourth-order valence-corrected chi connectivity index (χ4v) is 7.56. The van der Waals surface area contributed by atoms with Crippen LogP contribution in [0.2, 0.25) is 0 Å². The molecule has 5 N–H and O–H groups in total. The predicted molar refractivity (Wildman–Crippen MR) is 171 cm³/mol. The Morgan fingerprint density at radius 1 is 1.34 bits per heavy atom. The number of allylic oxidation sites excluding steroid dienone is 5. The van der Waals surface area contributed by atoms with Gasteiger partial charge in [0.25, 0.3) is 0 Å². The van der Waals surface area contributed by atoms with Crippen LogP contribution >= 0.6 is 11.8 Å². The Morgan fingerprint density at radius 2 is 2.15 bits per heavy atom. The van der Waals surface area contributed by atoms with Gasteiger partial charge in [0, 0.05) is 41.3 Å². The lowest BCUT2D eigenvalue weighted by Crippen LogP contribution is -2.29. The second-order valence-electron chi connectivity index (χ2n) is 11.3. The van der Waals surface area contributed by atoms with Gasteiger partial charge >= 0.3 is 0 Å². The second kappa shape index (κ2) is 14.2. The first-order valence-corrected chi connectivity index (χ1v) is 15.7. The van der Waals surface area contributed by atoms with Crippen molar-refractivity contribution in [2.24, 2.45) is 28.3 Å². The molecule has 0 spiro atoms. The van der Waals surface area contributed by atoms with E-state index in [0.29, 0.717) is 29.1 Å². The number of hydrogen-bond donors (Lipinski definition) is 3. The lowest BCUT2D eigenvalue weighted by atomic mass is 9.75. The van der Waals surface area contributed by atoms with Crippen LogP contribution in [0.1, 0.15) is 76.7 Å². The average molecular weight is 573 g/mol. The van der Waals surface area contributed by atoms with E-state index in [0.717, 1.165) is 73.9 Å². The van der Waals surface area contributed by atoms with E-state index in [-0.39, 0.29) is 17.2 Å². The highest BCUT2D eigenvalue weighted by molar-refractivity contribution is 8.03. The molecule has 0 radical (unpaired) electrons. The van der Waals surface area contributed by atoms with E-state index in [1.807, 2.05) is 13.0 Å². The van der Waals surface area contributed by atoms with Gasteiger partial charge in [0.15, 0.2) is 11.6 Å². The molecule has 0 amide bonds. The van der Waals surface area contributed by atoms with Crippen LogP contribution in [0.5, 0.6) is 0 Å². The van der Waals surface area contributed by atoms with E-state index in [1.54, 1.807) is 30.1 Å². The maximum absolute atomic E-state index is 9.92. The Labute approximate surface area is 249 Å². The van der Waals surface area contributed by atoms with Crippen molar-refractivity contribution in [2.45, 2.75) is 83.1 Å². The number of aromatic nitrogens is 2. The van der Waals surface area contributed by atoms with Crippen molar-refractivity contribution in [3.05, 3.63) is 58.1 Å². The molecule has 4 rings (SSSR count). The molecule has 3 unspecified atom stereocenters. The molecule has 8 nitrogen and oxygen atoms in total. The van der Waals surface area contributed by atoms with E-state index < -0.39 is 0 Å². The molecule has 1 aliphatic carbocycles. The quantitative estimate of drug-likeness (QED) is 0.216. The van der Waals surface area contributed by atoms with E-state index in [4.69, 9.17) is 21.4 Å². The van der Waals surface area contributed by atoms with Crippen LogP contribution in [0.4, 0.5) is 5.82 Å². The van der Waals surface area contributed by atoms with Crippen molar-refractivity contribution >= 4 is 35.1 Å². The van der Waals surface area contributed by atoms with E-state index >= 15 is 0 Å². The van der Waals surface area contributed by atoms with Gasteiger partial charge in [-0.15, -0.1) is 11.8 Å². The van der Waals surface area contributed by atoms with Crippen molar-refractivity contribution in [3.63, 3.8) is 0 Å². The third kappa shape index (κ3) is 7.24. The molecule has 2 aliphatic heterocycles. The van der Waals surface area contributed by atoms with Crippen molar-refractivity contribution in [1.82, 2.24) is 14.9 Å². The van der Waals surface area contributed by atoms with Gasteiger partial charge in [-0.3, -0.25) is 0 Å². The van der Waals surface area contributed by atoms with Gasteiger partial charge in [0.2, 0.25) is 0 Å². The molecule has 0 bridgehead atoms. The van der Waals surface area contributed by atoms with Crippen LogP contribution in [0.25, 0.3) is 5.57 Å². The Bertz CT molecular complexity index is 1320. The summed E-state index contributed by atoms with van der Waals surface area (Å²) in [4.78, 5) is 18.1. The lowest BCUT2D eigenvalue weighted by molar-refractivity contribution is 0.296. The van der Waals surface area contributed by atoms with E-state index in [2.05, 4.69) is 36.5 Å². The van der Waals surface area contributed by atoms with Gasteiger partial charge in [-0.2, -0.15) is 5.26 Å². The predicted octanol–water partition coefficient (Wildman–Crippen LogP) is 6.05. The summed E-state index contributed by atoms with van der Waals surface area (Å²) in [5.74, 6) is 0.758. The average Bonchev–Trinajstić information content (AvgIpc) is 3.54. The Hall–Kier alpha value is -3.06. The molecule has 9 heteroatoms. The van der Waals surface area contributed by atoms with Crippen LogP contribution in [-0.2, 0) is 6.42 Å². The number of thioether (sulfide) groups is 1. The summed E-state index contributed by atoms with van der Waals surface area (Å²) in [5.41, 5.74) is 17.2. The maximum Gasteiger partial charge on any atom is 0.157 e. The number of nitrogens with one attached hydrogen (secondary N) is 1. The monoisotopic (exact) mass is 572 g/mol. The summed E-state index contributed by atoms with van der Waals surface area (Å²) < 4.78 is 0. The first kappa shape index (κ1) is 30.9. The SMILES string of the molecule is C=C/C(N)=C/C=Nc1cc(CC[C@@H]2CCCN2C)nc(/C(C)=C(\CCC)C(=N)C2CCCC3=C2C(C#N)C(N)S3)n1. The molecule has 1 fully saturated rings. The summed E-state index contributed by atoms with van der Waals surface area (Å²) in [6, 6.07) is 4.96. The van der Waals surface area contributed by atoms with Gasteiger partial charge in [0.1, 0.15) is 0 Å². The zero-order valence-electron chi connectivity index (χ0n) is 24.7. The number of aliphatic imine (C=N–C) groups is 1. The van der Waals surface area contributed by atoms with Gasteiger partial charge in [-0.05, 0) is 106 Å². The second-order valence-corrected chi connectivity index (χ2v) is 12.6. The minimum absolute atomic E-state index is 0.0912. The normalized spacial score (nSPS) is 25.8. The zero-order chi connectivity index (χ0) is 29.5. The van der Waals surface area contributed by atoms with Crippen molar-refractivity contribution in [3.8, 4) is 6.07 Å². The number of aryl methyl sites for hydroxylation is 1. The molecular formula is C32H44N8S. The van der Waals surface area contributed by atoms with Crippen molar-refractivity contribution in [1.29, 1.82) is 10.7 Å². The van der Waals surface area contributed by atoms with Crippen molar-refractivity contribution < 1.29 is 0 Å². The first-order valence-electron chi connectivity index (χ1n) is 14.8. The fourth-order valence-electron chi connectivity index (χ4n) is 6.22. The largest absolute Gasteiger partial charge is 0.399 e. The van der Waals surface area contributed by atoms with Crippen LogP contribution in [0, 0.1) is 28.6 Å². The molecule has 0 saturated carbocycles. The maximum atomic E-state index is 9.92. The molecule has 1 aromatic heterocycles. The number of likely N-dealkylation sites (tertiary alicyclic amines) is 1. The lowest BCUT2D eigenvalue weighted by Gasteiger charge is -2.28. The number of nitrogens with two attached hydrogens (primary N) is 2. The molecule has 41 heavy (non-hydrogen) atoms. The Balaban J connectivity index is 1.71. The molecule has 0 aromatic carbocycles. The first-order chi connectivity index (χ1) is 19.8. The third-order valence-electron chi connectivity index (χ3n) is 8.52. The smallest absolute Gasteiger partial charge is 0.157 e. The minimum Gasteiger partial charge on any atom is -0.399 e. The summed E-state index contributed by atoms with van der Waals surface area (Å²) >= 11 is 1.62. The number of rotatable bonds is 11. The summed E-state index contributed by atoms with van der Waals surface area (Å²) in [5, 5.41) is 19.1. The summed E-state index contributed by atoms with van der Waals surface area (Å²) in [6.07, 6.45) is 13.7. The fraction of sp³-hybridized carbons (Fsp3) is 0.531. The minimum atomic E-state index is -0.339. The Morgan fingerprint density at radius 3 is 2.83 bits per heavy atom. The molecule has 1 aromatic rings. The molecule has 3 heterocycles.